The minimum Gasteiger partial charge on any atom is -0.501 e. The van der Waals surface area contributed by atoms with Gasteiger partial charge in [-0.1, -0.05) is 18.2 Å². The van der Waals surface area contributed by atoms with E-state index in [0.717, 1.165) is 11.3 Å². The van der Waals surface area contributed by atoms with Gasteiger partial charge in [-0.05, 0) is 38.5 Å². The molecular formula is C18H20N2O3. The fourth-order valence-electron chi connectivity index (χ4n) is 3.00. The Morgan fingerprint density at radius 2 is 2.17 bits per heavy atom. The van der Waals surface area contributed by atoms with Crippen LogP contribution in [0.25, 0.3) is 6.08 Å². The molecule has 1 atom stereocenters. The molecule has 0 spiro atoms. The van der Waals surface area contributed by atoms with E-state index < -0.39 is 5.60 Å². The van der Waals surface area contributed by atoms with Gasteiger partial charge < -0.3 is 14.0 Å². The van der Waals surface area contributed by atoms with Crippen LogP contribution in [0.5, 0.6) is 0 Å². The number of hydrogen-bond donors (Lipinski definition) is 0. The Morgan fingerprint density at radius 1 is 1.39 bits per heavy atom. The molecule has 1 aromatic heterocycles. The summed E-state index contributed by atoms with van der Waals surface area (Å²) in [4.78, 5) is 16.5. The average Bonchev–Trinajstić information content (AvgIpc) is 2.95. The summed E-state index contributed by atoms with van der Waals surface area (Å²) in [5.41, 5.74) is 1.76. The second kappa shape index (κ2) is 5.91. The van der Waals surface area contributed by atoms with Gasteiger partial charge in [0.2, 0.25) is 0 Å². The van der Waals surface area contributed by atoms with Crippen molar-refractivity contribution in [1.29, 1.82) is 0 Å². The second-order valence-corrected chi connectivity index (χ2v) is 5.97. The van der Waals surface area contributed by atoms with Crippen molar-refractivity contribution in [1.82, 2.24) is 9.55 Å². The highest BCUT2D eigenvalue weighted by Gasteiger charge is 2.43. The number of benzene rings is 1. The molecule has 23 heavy (non-hydrogen) atoms. The number of carbonyl (C=O) groups excluding carboxylic acids is 1. The minimum absolute atomic E-state index is 0.153. The number of carbonyl (C=O) groups is 1. The molecule has 1 aliphatic heterocycles. The fraction of sp³-hybridized carbons (Fsp3) is 0.333. The van der Waals surface area contributed by atoms with Gasteiger partial charge in [0.1, 0.15) is 11.6 Å². The molecule has 5 nitrogen and oxygen atoms in total. The molecular weight excluding hydrogens is 292 g/mol. The van der Waals surface area contributed by atoms with E-state index in [1.54, 1.807) is 24.9 Å². The number of ether oxygens (including phenoxy) is 2. The van der Waals surface area contributed by atoms with E-state index in [4.69, 9.17) is 9.47 Å². The standard InChI is InChI=1S/C18H20N2O3/c1-4-22-10-9-13-11-19-12-20(13)16-14-7-5-6-8-15(14)17(21)23-18(16,2)3/h5-12,16H,4H2,1-3H3/b10-9+. The monoisotopic (exact) mass is 312 g/mol. The first kappa shape index (κ1) is 15.3. The molecule has 0 radical (unpaired) electrons. The maximum Gasteiger partial charge on any atom is 0.339 e. The van der Waals surface area contributed by atoms with Gasteiger partial charge in [-0.25, -0.2) is 9.78 Å². The van der Waals surface area contributed by atoms with E-state index in [9.17, 15) is 4.79 Å². The van der Waals surface area contributed by atoms with Gasteiger partial charge in [0.15, 0.2) is 0 Å². The molecule has 0 fully saturated rings. The summed E-state index contributed by atoms with van der Waals surface area (Å²) in [7, 11) is 0. The van der Waals surface area contributed by atoms with Gasteiger partial charge in [0.25, 0.3) is 0 Å². The van der Waals surface area contributed by atoms with Crippen LogP contribution in [0.2, 0.25) is 0 Å². The quantitative estimate of drug-likeness (QED) is 0.641. The molecule has 2 heterocycles. The fourth-order valence-corrected chi connectivity index (χ4v) is 3.00. The highest BCUT2D eigenvalue weighted by Crippen LogP contribution is 2.40. The first-order chi connectivity index (χ1) is 11.0. The summed E-state index contributed by atoms with van der Waals surface area (Å²) < 4.78 is 13.0. The van der Waals surface area contributed by atoms with Crippen LogP contribution in [0.1, 0.15) is 48.4 Å². The maximum atomic E-state index is 12.2. The summed E-state index contributed by atoms with van der Waals surface area (Å²) in [6.07, 6.45) is 7.05. The van der Waals surface area contributed by atoms with Crippen molar-refractivity contribution in [3.8, 4) is 0 Å². The Bertz CT molecular complexity index is 746. The molecule has 0 amide bonds. The van der Waals surface area contributed by atoms with Crippen molar-refractivity contribution in [2.75, 3.05) is 6.61 Å². The number of fused-ring (bicyclic) bond motifs is 1. The molecule has 0 saturated carbocycles. The lowest BCUT2D eigenvalue weighted by Crippen LogP contribution is -2.43. The molecule has 1 aromatic carbocycles. The third-order valence-electron chi connectivity index (χ3n) is 3.97. The summed E-state index contributed by atoms with van der Waals surface area (Å²) in [5, 5.41) is 0. The van der Waals surface area contributed by atoms with Crippen molar-refractivity contribution in [2.24, 2.45) is 0 Å². The van der Waals surface area contributed by atoms with Crippen LogP contribution in [-0.2, 0) is 9.47 Å². The van der Waals surface area contributed by atoms with Gasteiger partial charge in [-0.15, -0.1) is 0 Å². The van der Waals surface area contributed by atoms with E-state index in [1.807, 2.05) is 49.6 Å². The largest absolute Gasteiger partial charge is 0.501 e. The average molecular weight is 312 g/mol. The molecule has 120 valence electrons. The lowest BCUT2D eigenvalue weighted by atomic mass is 9.85. The number of hydrogen-bond acceptors (Lipinski definition) is 4. The smallest absolute Gasteiger partial charge is 0.339 e. The lowest BCUT2D eigenvalue weighted by Gasteiger charge is -2.40. The highest BCUT2D eigenvalue weighted by atomic mass is 16.6. The van der Waals surface area contributed by atoms with Gasteiger partial charge in [0, 0.05) is 0 Å². The Hall–Kier alpha value is -2.56. The predicted octanol–water partition coefficient (Wildman–Crippen LogP) is 3.43. The van der Waals surface area contributed by atoms with Crippen molar-refractivity contribution in [3.05, 3.63) is 59.9 Å². The van der Waals surface area contributed by atoms with Gasteiger partial charge in [-0.2, -0.15) is 0 Å². The maximum absolute atomic E-state index is 12.2. The zero-order valence-electron chi connectivity index (χ0n) is 13.5. The van der Waals surface area contributed by atoms with Crippen molar-refractivity contribution >= 4 is 12.0 Å². The Morgan fingerprint density at radius 3 is 2.96 bits per heavy atom. The number of imidazole rings is 1. The third kappa shape index (κ3) is 2.74. The topological polar surface area (TPSA) is 53.4 Å². The van der Waals surface area contributed by atoms with Crippen molar-refractivity contribution in [3.63, 3.8) is 0 Å². The minimum atomic E-state index is -0.680. The van der Waals surface area contributed by atoms with E-state index in [-0.39, 0.29) is 12.0 Å². The molecule has 2 aromatic rings. The first-order valence-corrected chi connectivity index (χ1v) is 7.67. The Kier molecular flexibility index (Phi) is 3.94. The van der Waals surface area contributed by atoms with E-state index >= 15 is 0 Å². The molecule has 0 saturated heterocycles. The first-order valence-electron chi connectivity index (χ1n) is 7.67. The van der Waals surface area contributed by atoms with E-state index in [2.05, 4.69) is 4.98 Å². The molecule has 0 N–H and O–H groups in total. The number of esters is 1. The highest BCUT2D eigenvalue weighted by molar-refractivity contribution is 5.93. The van der Waals surface area contributed by atoms with Crippen LogP contribution in [0.3, 0.4) is 0 Å². The van der Waals surface area contributed by atoms with Crippen LogP contribution in [-0.4, -0.2) is 27.7 Å². The summed E-state index contributed by atoms with van der Waals surface area (Å²) in [6, 6.07) is 7.40. The van der Waals surface area contributed by atoms with Crippen LogP contribution in [0.15, 0.2) is 43.1 Å². The number of nitrogens with zero attached hydrogens (tertiary/aromatic N) is 2. The number of rotatable bonds is 4. The summed E-state index contributed by atoms with van der Waals surface area (Å²) in [5.74, 6) is -0.284. The molecule has 5 heteroatoms. The summed E-state index contributed by atoms with van der Waals surface area (Å²) >= 11 is 0. The number of cyclic esters (lactones) is 1. The Balaban J connectivity index is 2.10. The van der Waals surface area contributed by atoms with Crippen LogP contribution in [0, 0.1) is 0 Å². The van der Waals surface area contributed by atoms with Crippen LogP contribution >= 0.6 is 0 Å². The van der Waals surface area contributed by atoms with Crippen molar-refractivity contribution in [2.45, 2.75) is 32.4 Å². The Labute approximate surface area is 135 Å². The van der Waals surface area contributed by atoms with Crippen molar-refractivity contribution < 1.29 is 14.3 Å². The zero-order chi connectivity index (χ0) is 16.4. The van der Waals surface area contributed by atoms with Gasteiger partial charge in [0.05, 0.1) is 36.7 Å². The van der Waals surface area contributed by atoms with E-state index in [0.29, 0.717) is 12.2 Å². The predicted molar refractivity (Wildman–Crippen MR) is 87.0 cm³/mol. The van der Waals surface area contributed by atoms with Gasteiger partial charge >= 0.3 is 5.97 Å². The number of aromatic nitrogens is 2. The van der Waals surface area contributed by atoms with Crippen LogP contribution in [0.4, 0.5) is 0 Å². The van der Waals surface area contributed by atoms with Gasteiger partial charge in [-0.3, -0.25) is 0 Å². The summed E-state index contributed by atoms with van der Waals surface area (Å²) in [6.45, 7) is 6.38. The molecule has 3 rings (SSSR count). The molecule has 1 aliphatic rings. The second-order valence-electron chi connectivity index (χ2n) is 5.97. The third-order valence-corrected chi connectivity index (χ3v) is 3.97. The van der Waals surface area contributed by atoms with Crippen LogP contribution < -0.4 is 0 Å². The SMILES string of the molecule is CCO/C=C/c1cncn1C1c2ccccc2C(=O)OC1(C)C. The lowest BCUT2D eigenvalue weighted by molar-refractivity contribution is -0.0262. The normalized spacial score (nSPS) is 19.4. The molecule has 1 unspecified atom stereocenters. The molecule has 0 aliphatic carbocycles. The molecule has 0 bridgehead atoms. The van der Waals surface area contributed by atoms with E-state index in [1.165, 1.54) is 0 Å². The zero-order valence-corrected chi connectivity index (χ0v) is 13.5.